The van der Waals surface area contributed by atoms with E-state index in [4.69, 9.17) is 0 Å². The Kier molecular flexibility index (Phi) is 4.18. The number of likely N-dealkylation sites (N-methyl/N-ethyl adjacent to an activating group) is 1. The molecule has 0 atom stereocenters. The van der Waals surface area contributed by atoms with E-state index in [2.05, 4.69) is 47.9 Å². The number of benzene rings is 2. The fraction of sp³-hybridized carbons (Fsp3) is 0.300. The fourth-order valence-corrected chi connectivity index (χ4v) is 3.17. The molecular formula is C20H21NO. The van der Waals surface area contributed by atoms with Crippen LogP contribution in [0.15, 0.2) is 36.4 Å². The van der Waals surface area contributed by atoms with Crippen LogP contribution in [0.4, 0.5) is 0 Å². The lowest BCUT2D eigenvalue weighted by Gasteiger charge is -2.30. The first-order valence-electron chi connectivity index (χ1n) is 7.82. The largest absolute Gasteiger partial charge is 0.506 e. The molecule has 1 heterocycles. The second-order valence-corrected chi connectivity index (χ2v) is 5.64. The first-order chi connectivity index (χ1) is 10.7. The third kappa shape index (κ3) is 2.61. The molecule has 0 saturated carbocycles. The molecule has 0 radical (unpaired) electrons. The molecule has 0 aliphatic carbocycles. The SMILES string of the molecule is CC#Cc1cc(-c2ccccc2)c2c(c1O)CN(CC)CC2. The maximum absolute atomic E-state index is 10.6. The zero-order chi connectivity index (χ0) is 15.5. The summed E-state index contributed by atoms with van der Waals surface area (Å²) in [5, 5.41) is 10.6. The molecule has 2 nitrogen and oxygen atoms in total. The molecule has 2 heteroatoms. The maximum atomic E-state index is 10.6. The van der Waals surface area contributed by atoms with Crippen molar-refractivity contribution < 1.29 is 5.11 Å². The molecule has 3 rings (SSSR count). The molecule has 1 aliphatic heterocycles. The van der Waals surface area contributed by atoms with E-state index in [0.29, 0.717) is 5.75 Å². The Morgan fingerprint density at radius 1 is 1.18 bits per heavy atom. The van der Waals surface area contributed by atoms with Gasteiger partial charge in [-0.2, -0.15) is 0 Å². The molecule has 0 spiro atoms. The minimum absolute atomic E-state index is 0.363. The smallest absolute Gasteiger partial charge is 0.136 e. The van der Waals surface area contributed by atoms with Gasteiger partial charge in [0.2, 0.25) is 0 Å². The van der Waals surface area contributed by atoms with Crippen LogP contribution < -0.4 is 0 Å². The summed E-state index contributed by atoms with van der Waals surface area (Å²) in [4.78, 5) is 2.36. The van der Waals surface area contributed by atoms with Crippen molar-refractivity contribution >= 4 is 0 Å². The molecule has 2 aromatic carbocycles. The molecule has 2 aromatic rings. The van der Waals surface area contributed by atoms with E-state index < -0.39 is 0 Å². The highest BCUT2D eigenvalue weighted by Gasteiger charge is 2.23. The van der Waals surface area contributed by atoms with Crippen molar-refractivity contribution in [3.05, 3.63) is 53.1 Å². The van der Waals surface area contributed by atoms with Crippen molar-refractivity contribution in [2.24, 2.45) is 0 Å². The Bertz CT molecular complexity index is 738. The van der Waals surface area contributed by atoms with E-state index in [1.54, 1.807) is 6.92 Å². The maximum Gasteiger partial charge on any atom is 0.136 e. The van der Waals surface area contributed by atoms with Gasteiger partial charge in [-0.25, -0.2) is 0 Å². The number of fused-ring (bicyclic) bond motifs is 1. The minimum Gasteiger partial charge on any atom is -0.506 e. The minimum atomic E-state index is 0.363. The van der Waals surface area contributed by atoms with Gasteiger partial charge in [-0.05, 0) is 42.6 Å². The van der Waals surface area contributed by atoms with Gasteiger partial charge in [0.1, 0.15) is 5.75 Å². The van der Waals surface area contributed by atoms with E-state index in [1.807, 2.05) is 12.1 Å². The Hall–Kier alpha value is -2.24. The summed E-state index contributed by atoms with van der Waals surface area (Å²) in [6, 6.07) is 12.4. The van der Waals surface area contributed by atoms with Gasteiger partial charge in [0.05, 0.1) is 5.56 Å². The van der Waals surface area contributed by atoms with Crippen LogP contribution in [0.5, 0.6) is 5.75 Å². The summed E-state index contributed by atoms with van der Waals surface area (Å²) in [5.74, 6) is 6.33. The molecule has 0 aromatic heterocycles. The Balaban J connectivity index is 2.22. The van der Waals surface area contributed by atoms with Crippen LogP contribution in [0.3, 0.4) is 0 Å². The molecule has 0 saturated heterocycles. The highest BCUT2D eigenvalue weighted by atomic mass is 16.3. The molecule has 0 amide bonds. The predicted molar refractivity (Wildman–Crippen MR) is 90.7 cm³/mol. The van der Waals surface area contributed by atoms with Crippen LogP contribution >= 0.6 is 0 Å². The fourth-order valence-electron chi connectivity index (χ4n) is 3.17. The van der Waals surface area contributed by atoms with E-state index in [-0.39, 0.29) is 0 Å². The summed E-state index contributed by atoms with van der Waals surface area (Å²) in [6.45, 7) is 6.82. The lowest BCUT2D eigenvalue weighted by molar-refractivity contribution is 0.263. The van der Waals surface area contributed by atoms with Crippen molar-refractivity contribution in [2.45, 2.75) is 26.8 Å². The van der Waals surface area contributed by atoms with E-state index in [1.165, 1.54) is 16.7 Å². The molecular weight excluding hydrogens is 270 g/mol. The van der Waals surface area contributed by atoms with Gasteiger partial charge in [0.25, 0.3) is 0 Å². The van der Waals surface area contributed by atoms with E-state index >= 15 is 0 Å². The van der Waals surface area contributed by atoms with Crippen LogP contribution in [0.1, 0.15) is 30.5 Å². The zero-order valence-electron chi connectivity index (χ0n) is 13.2. The lowest BCUT2D eigenvalue weighted by atomic mass is 9.88. The van der Waals surface area contributed by atoms with Gasteiger partial charge < -0.3 is 5.11 Å². The quantitative estimate of drug-likeness (QED) is 0.851. The summed E-state index contributed by atoms with van der Waals surface area (Å²) in [5.41, 5.74) is 5.46. The van der Waals surface area contributed by atoms with Gasteiger partial charge in [0, 0.05) is 18.7 Å². The molecule has 1 N–H and O–H groups in total. The van der Waals surface area contributed by atoms with Crippen molar-refractivity contribution in [1.29, 1.82) is 0 Å². The van der Waals surface area contributed by atoms with Gasteiger partial charge >= 0.3 is 0 Å². The average Bonchev–Trinajstić information content (AvgIpc) is 2.58. The van der Waals surface area contributed by atoms with Crippen LogP contribution in [0.25, 0.3) is 11.1 Å². The molecule has 1 aliphatic rings. The Morgan fingerprint density at radius 3 is 2.64 bits per heavy atom. The molecule has 22 heavy (non-hydrogen) atoms. The first kappa shape index (κ1) is 14.7. The molecule has 0 unspecified atom stereocenters. The second kappa shape index (κ2) is 6.25. The van der Waals surface area contributed by atoms with Crippen molar-refractivity contribution in [3.8, 4) is 28.7 Å². The number of hydrogen-bond donors (Lipinski definition) is 1. The Morgan fingerprint density at radius 2 is 1.95 bits per heavy atom. The normalized spacial score (nSPS) is 14.1. The third-order valence-electron chi connectivity index (χ3n) is 4.37. The number of rotatable bonds is 2. The molecule has 0 fully saturated rings. The first-order valence-corrected chi connectivity index (χ1v) is 7.82. The topological polar surface area (TPSA) is 23.5 Å². The van der Waals surface area contributed by atoms with Crippen LogP contribution in [-0.4, -0.2) is 23.1 Å². The van der Waals surface area contributed by atoms with E-state index in [9.17, 15) is 5.11 Å². The number of nitrogens with zero attached hydrogens (tertiary/aromatic N) is 1. The van der Waals surface area contributed by atoms with Gasteiger partial charge in [-0.1, -0.05) is 43.2 Å². The summed E-state index contributed by atoms with van der Waals surface area (Å²) in [7, 11) is 0. The van der Waals surface area contributed by atoms with E-state index in [0.717, 1.165) is 37.2 Å². The van der Waals surface area contributed by atoms with Crippen molar-refractivity contribution in [3.63, 3.8) is 0 Å². The number of phenolic OH excluding ortho intramolecular Hbond substituents is 1. The van der Waals surface area contributed by atoms with Crippen LogP contribution in [0.2, 0.25) is 0 Å². The highest BCUT2D eigenvalue weighted by Crippen LogP contribution is 2.37. The summed E-state index contributed by atoms with van der Waals surface area (Å²) >= 11 is 0. The average molecular weight is 291 g/mol. The highest BCUT2D eigenvalue weighted by molar-refractivity contribution is 5.74. The van der Waals surface area contributed by atoms with Gasteiger partial charge in [0.15, 0.2) is 0 Å². The lowest BCUT2D eigenvalue weighted by Crippen LogP contribution is -2.30. The second-order valence-electron chi connectivity index (χ2n) is 5.64. The van der Waals surface area contributed by atoms with Gasteiger partial charge in [-0.3, -0.25) is 4.90 Å². The molecule has 0 bridgehead atoms. The van der Waals surface area contributed by atoms with Crippen molar-refractivity contribution in [1.82, 2.24) is 4.90 Å². The van der Waals surface area contributed by atoms with Crippen LogP contribution in [0, 0.1) is 11.8 Å². The summed E-state index contributed by atoms with van der Waals surface area (Å²) < 4.78 is 0. The Labute approximate surface area is 132 Å². The third-order valence-corrected chi connectivity index (χ3v) is 4.37. The number of phenols is 1. The molecule has 112 valence electrons. The standard InChI is InChI=1S/C20H21NO/c1-3-8-16-13-18(15-9-6-5-7-10-15)17-11-12-21(4-2)14-19(17)20(16)22/h5-7,9-10,13,22H,4,11-12,14H2,1-2H3. The zero-order valence-corrected chi connectivity index (χ0v) is 13.2. The number of hydrogen-bond acceptors (Lipinski definition) is 2. The monoisotopic (exact) mass is 291 g/mol. The predicted octanol–water partition coefficient (Wildman–Crippen LogP) is 3.81. The van der Waals surface area contributed by atoms with Crippen molar-refractivity contribution in [2.75, 3.05) is 13.1 Å². The summed E-state index contributed by atoms with van der Waals surface area (Å²) in [6.07, 6.45) is 0.973. The number of aromatic hydroxyl groups is 1. The van der Waals surface area contributed by atoms with Crippen LogP contribution in [-0.2, 0) is 13.0 Å². The van der Waals surface area contributed by atoms with Gasteiger partial charge in [-0.15, -0.1) is 5.92 Å².